The van der Waals surface area contributed by atoms with Crippen molar-refractivity contribution in [1.29, 1.82) is 0 Å². The summed E-state index contributed by atoms with van der Waals surface area (Å²) in [6, 6.07) is 0.636. The van der Waals surface area contributed by atoms with E-state index in [0.717, 1.165) is 45.9 Å². The average Bonchev–Trinajstić information content (AvgIpc) is 2.35. The highest BCUT2D eigenvalue weighted by molar-refractivity contribution is 4.90. The lowest BCUT2D eigenvalue weighted by Crippen LogP contribution is -2.43. The Bertz CT molecular complexity index is 242. The lowest BCUT2D eigenvalue weighted by molar-refractivity contribution is 0.114. The number of likely N-dealkylation sites (N-methyl/N-ethyl adjacent to an activating group) is 1. The molecule has 1 aliphatic heterocycles. The maximum Gasteiger partial charge on any atom is 0.0598 e. The predicted octanol–water partition coefficient (Wildman–Crippen LogP) is 0.252. The van der Waals surface area contributed by atoms with E-state index < -0.39 is 0 Å². The number of piperidine rings is 1. The molecule has 0 saturated carbocycles. The highest BCUT2D eigenvalue weighted by atomic mass is 16.5. The molecule has 0 amide bonds. The quantitative estimate of drug-likeness (QED) is 0.496. The van der Waals surface area contributed by atoms with Gasteiger partial charge in [0.15, 0.2) is 0 Å². The van der Waals surface area contributed by atoms with Gasteiger partial charge in [-0.25, -0.2) is 0 Å². The van der Waals surface area contributed by atoms with Crippen LogP contribution in [0.2, 0.25) is 0 Å². The van der Waals surface area contributed by atoms with Gasteiger partial charge in [0.05, 0.1) is 19.8 Å². The molecule has 1 rings (SSSR count). The first-order chi connectivity index (χ1) is 8.72. The van der Waals surface area contributed by atoms with E-state index >= 15 is 0 Å². The first-order valence-corrected chi connectivity index (χ1v) is 6.84. The van der Waals surface area contributed by atoms with E-state index in [0.29, 0.717) is 6.04 Å². The number of terminal acetylenes is 1. The van der Waals surface area contributed by atoms with E-state index in [-0.39, 0.29) is 0 Å². The van der Waals surface area contributed by atoms with Gasteiger partial charge >= 0.3 is 0 Å². The van der Waals surface area contributed by atoms with Crippen LogP contribution in [0, 0.1) is 12.3 Å². The number of nitrogens with one attached hydrogen (secondary N) is 1. The van der Waals surface area contributed by atoms with Gasteiger partial charge in [-0.2, -0.15) is 0 Å². The van der Waals surface area contributed by atoms with E-state index in [2.05, 4.69) is 35.1 Å². The van der Waals surface area contributed by atoms with Crippen molar-refractivity contribution in [3.05, 3.63) is 0 Å². The number of likely N-dealkylation sites (tertiary alicyclic amines) is 1. The zero-order valence-electron chi connectivity index (χ0n) is 11.8. The average molecular weight is 253 g/mol. The fourth-order valence-electron chi connectivity index (χ4n) is 2.11. The van der Waals surface area contributed by atoms with Crippen LogP contribution >= 0.6 is 0 Å². The summed E-state index contributed by atoms with van der Waals surface area (Å²) in [6.07, 6.45) is 7.70. The van der Waals surface area contributed by atoms with Gasteiger partial charge in [0.2, 0.25) is 0 Å². The molecule has 1 aliphatic rings. The third-order valence-corrected chi connectivity index (χ3v) is 3.26. The molecule has 0 unspecified atom stereocenters. The zero-order chi connectivity index (χ0) is 13.2. The van der Waals surface area contributed by atoms with Crippen LogP contribution in [0.4, 0.5) is 0 Å². The minimum Gasteiger partial charge on any atom is -0.379 e. The molecule has 0 aliphatic carbocycles. The van der Waals surface area contributed by atoms with Gasteiger partial charge < -0.3 is 15.0 Å². The molecule has 0 spiro atoms. The molecule has 4 nitrogen and oxygen atoms in total. The summed E-state index contributed by atoms with van der Waals surface area (Å²) < 4.78 is 5.55. The molecule has 0 aromatic heterocycles. The van der Waals surface area contributed by atoms with Gasteiger partial charge in [0.1, 0.15) is 0 Å². The van der Waals surface area contributed by atoms with Crippen molar-refractivity contribution in [2.45, 2.75) is 18.9 Å². The molecule has 0 aromatic carbocycles. The molecule has 0 atom stereocenters. The molecule has 1 N–H and O–H groups in total. The minimum absolute atomic E-state index is 0.636. The third kappa shape index (κ3) is 6.97. The number of ether oxygens (including phenoxy) is 1. The maximum atomic E-state index is 5.55. The molecule has 1 fully saturated rings. The molecule has 1 heterocycles. The van der Waals surface area contributed by atoms with Crippen molar-refractivity contribution >= 4 is 0 Å². The Kier molecular flexibility index (Phi) is 8.03. The van der Waals surface area contributed by atoms with Crippen LogP contribution in [0.15, 0.2) is 0 Å². The highest BCUT2D eigenvalue weighted by Crippen LogP contribution is 2.09. The molecule has 0 radical (unpaired) electrons. The SMILES string of the molecule is C#CCN1CCC(NCCOCCN(C)C)CC1. The van der Waals surface area contributed by atoms with E-state index in [1.165, 1.54) is 12.8 Å². The first kappa shape index (κ1) is 15.5. The monoisotopic (exact) mass is 253 g/mol. The minimum atomic E-state index is 0.636. The highest BCUT2D eigenvalue weighted by Gasteiger charge is 2.17. The van der Waals surface area contributed by atoms with Gasteiger partial charge in [-0.05, 0) is 26.9 Å². The molecule has 104 valence electrons. The number of hydrogen-bond acceptors (Lipinski definition) is 4. The van der Waals surface area contributed by atoms with E-state index in [1.807, 2.05) is 0 Å². The predicted molar refractivity (Wildman–Crippen MR) is 75.7 cm³/mol. The van der Waals surface area contributed by atoms with Crippen LogP contribution in [-0.2, 0) is 4.74 Å². The smallest absolute Gasteiger partial charge is 0.0598 e. The third-order valence-electron chi connectivity index (χ3n) is 3.26. The van der Waals surface area contributed by atoms with Gasteiger partial charge in [-0.3, -0.25) is 4.90 Å². The van der Waals surface area contributed by atoms with Crippen LogP contribution < -0.4 is 5.32 Å². The lowest BCUT2D eigenvalue weighted by atomic mass is 10.1. The molecule has 18 heavy (non-hydrogen) atoms. The van der Waals surface area contributed by atoms with E-state index in [1.54, 1.807) is 0 Å². The number of rotatable bonds is 8. The maximum absolute atomic E-state index is 5.55. The summed E-state index contributed by atoms with van der Waals surface area (Å²) in [5.74, 6) is 2.71. The molecular formula is C14H27N3O. The largest absolute Gasteiger partial charge is 0.379 e. The Morgan fingerprint density at radius 1 is 1.33 bits per heavy atom. The Hall–Kier alpha value is -0.600. The summed E-state index contributed by atoms with van der Waals surface area (Å²) >= 11 is 0. The fraction of sp³-hybridized carbons (Fsp3) is 0.857. The van der Waals surface area contributed by atoms with Gasteiger partial charge in [0, 0.05) is 32.2 Å². The topological polar surface area (TPSA) is 27.7 Å². The summed E-state index contributed by atoms with van der Waals surface area (Å²) in [6.45, 7) is 6.58. The van der Waals surface area contributed by atoms with Crippen LogP contribution in [0.25, 0.3) is 0 Å². The van der Waals surface area contributed by atoms with Crippen molar-refractivity contribution in [3.8, 4) is 12.3 Å². The lowest BCUT2D eigenvalue weighted by Gasteiger charge is -2.31. The van der Waals surface area contributed by atoms with Crippen molar-refractivity contribution in [3.63, 3.8) is 0 Å². The van der Waals surface area contributed by atoms with Crippen molar-refractivity contribution in [2.75, 3.05) is 60.0 Å². The zero-order valence-corrected chi connectivity index (χ0v) is 11.8. The van der Waals surface area contributed by atoms with Crippen LogP contribution in [0.1, 0.15) is 12.8 Å². The van der Waals surface area contributed by atoms with Crippen LogP contribution in [0.3, 0.4) is 0 Å². The van der Waals surface area contributed by atoms with Crippen LogP contribution in [-0.4, -0.2) is 75.9 Å². The van der Waals surface area contributed by atoms with E-state index in [9.17, 15) is 0 Å². The molecule has 0 aromatic rings. The Labute approximate surface area is 112 Å². The van der Waals surface area contributed by atoms with Crippen LogP contribution in [0.5, 0.6) is 0 Å². The van der Waals surface area contributed by atoms with Crippen molar-refractivity contribution in [2.24, 2.45) is 0 Å². The van der Waals surface area contributed by atoms with Gasteiger partial charge in [-0.1, -0.05) is 5.92 Å². The number of nitrogens with zero attached hydrogens (tertiary/aromatic N) is 2. The summed E-state index contributed by atoms with van der Waals surface area (Å²) in [5.41, 5.74) is 0. The normalized spacial score (nSPS) is 18.1. The Morgan fingerprint density at radius 3 is 2.67 bits per heavy atom. The standard InChI is InChI=1S/C14H27N3O/c1-4-8-17-9-5-14(6-10-17)15-7-12-18-13-11-16(2)3/h1,14-15H,5-13H2,2-3H3. The van der Waals surface area contributed by atoms with Gasteiger partial charge in [0.25, 0.3) is 0 Å². The summed E-state index contributed by atoms with van der Waals surface area (Å²) in [4.78, 5) is 4.47. The van der Waals surface area contributed by atoms with Gasteiger partial charge in [-0.15, -0.1) is 6.42 Å². The molecule has 1 saturated heterocycles. The van der Waals surface area contributed by atoms with E-state index in [4.69, 9.17) is 11.2 Å². The molecule has 0 bridgehead atoms. The Balaban J connectivity index is 1.93. The second kappa shape index (κ2) is 9.35. The number of hydrogen-bond donors (Lipinski definition) is 1. The summed E-state index contributed by atoms with van der Waals surface area (Å²) in [5, 5.41) is 3.56. The van der Waals surface area contributed by atoms with Crippen molar-refractivity contribution in [1.82, 2.24) is 15.1 Å². The second-order valence-corrected chi connectivity index (χ2v) is 5.12. The first-order valence-electron chi connectivity index (χ1n) is 6.84. The van der Waals surface area contributed by atoms with Crippen molar-refractivity contribution < 1.29 is 4.74 Å². The Morgan fingerprint density at radius 2 is 2.06 bits per heavy atom. The second-order valence-electron chi connectivity index (χ2n) is 5.12. The molecule has 4 heteroatoms. The molecular weight excluding hydrogens is 226 g/mol. The fourth-order valence-corrected chi connectivity index (χ4v) is 2.11. The summed E-state index contributed by atoms with van der Waals surface area (Å²) in [7, 11) is 4.12.